The van der Waals surface area contributed by atoms with Crippen molar-refractivity contribution >= 4 is 20.0 Å². The predicted molar refractivity (Wildman–Crippen MR) is 54.4 cm³/mol. The zero-order chi connectivity index (χ0) is 8.58. The maximum Gasteiger partial charge on any atom is 0.00677 e. The van der Waals surface area contributed by atoms with Crippen molar-refractivity contribution in [3.63, 3.8) is 0 Å². The van der Waals surface area contributed by atoms with Crippen LogP contribution in [0.4, 0.5) is 0 Å². The van der Waals surface area contributed by atoms with Crippen LogP contribution in [0.25, 0.3) is 0 Å². The third kappa shape index (κ3) is 2.90. The summed E-state index contributed by atoms with van der Waals surface area (Å²) in [5, 5.41) is 0. The normalized spacial score (nSPS) is 17.4. The fourth-order valence-corrected chi connectivity index (χ4v) is 5.03. The van der Waals surface area contributed by atoms with Gasteiger partial charge in [-0.1, -0.05) is 0 Å². The Kier molecular flexibility index (Phi) is 2.78. The molecule has 0 fully saturated rings. The highest BCUT2D eigenvalue weighted by atomic mass is 32.3. The number of nitrogens with zero attached hydrogens (tertiary/aromatic N) is 1. The summed E-state index contributed by atoms with van der Waals surface area (Å²) in [7, 11) is -1.48. The molecular weight excluding hydrogens is 166 g/mol. The van der Waals surface area contributed by atoms with E-state index in [9.17, 15) is 0 Å². The van der Waals surface area contributed by atoms with Crippen LogP contribution in [0.2, 0.25) is 0 Å². The van der Waals surface area contributed by atoms with Gasteiger partial charge in [0.25, 0.3) is 0 Å². The minimum absolute atomic E-state index is 1.68. The first-order valence-corrected chi connectivity index (χ1v) is 8.36. The molecule has 0 bridgehead atoms. The standard InChI is InChI=1S/C5H19N3S2/c1-8(9(2,3)6)10(4,5)7/h6-7,9-10H,1-5H3. The largest absolute Gasteiger partial charge is 0.288 e. The molecule has 0 aromatic heterocycles. The van der Waals surface area contributed by atoms with Crippen molar-refractivity contribution in [2.75, 3.05) is 32.1 Å². The van der Waals surface area contributed by atoms with Gasteiger partial charge in [-0.25, -0.2) is 3.71 Å². The minimum Gasteiger partial charge on any atom is -0.288 e. The Labute approximate surface area is 65.8 Å². The Morgan fingerprint density at radius 1 is 0.900 bits per heavy atom. The molecule has 0 saturated carbocycles. The molecule has 0 radical (unpaired) electrons. The SMILES string of the molecule is CN([SH](C)(C)=N)[SH](C)(C)=N. The van der Waals surface area contributed by atoms with Crippen molar-refractivity contribution in [1.82, 2.24) is 3.71 Å². The highest BCUT2D eigenvalue weighted by Gasteiger charge is 2.10. The average Bonchev–Trinajstić information content (AvgIpc) is 1.59. The molecule has 0 aliphatic carbocycles. The van der Waals surface area contributed by atoms with Crippen molar-refractivity contribution in [3.8, 4) is 0 Å². The molecule has 0 rings (SSSR count). The minimum atomic E-state index is -1.68. The van der Waals surface area contributed by atoms with Crippen LogP contribution in [0.1, 0.15) is 0 Å². The van der Waals surface area contributed by atoms with Crippen LogP contribution in [0, 0.1) is 9.56 Å². The van der Waals surface area contributed by atoms with E-state index in [-0.39, 0.29) is 0 Å². The molecule has 0 unspecified atom stereocenters. The Balaban J connectivity index is 4.56. The second kappa shape index (κ2) is 2.71. The summed E-state index contributed by atoms with van der Waals surface area (Å²) in [6, 6.07) is 0. The third-order valence-corrected chi connectivity index (χ3v) is 7.02. The van der Waals surface area contributed by atoms with E-state index in [0.717, 1.165) is 0 Å². The lowest BCUT2D eigenvalue weighted by Crippen LogP contribution is -2.38. The second-order valence-electron chi connectivity index (χ2n) is 3.28. The quantitative estimate of drug-likeness (QED) is 0.467. The smallest absolute Gasteiger partial charge is 0.00677 e. The second-order valence-corrected chi connectivity index (χ2v) is 10.4. The first kappa shape index (κ1) is 10.3. The van der Waals surface area contributed by atoms with E-state index in [1.165, 1.54) is 0 Å². The van der Waals surface area contributed by atoms with Gasteiger partial charge in [0, 0.05) is 7.05 Å². The van der Waals surface area contributed by atoms with Crippen molar-refractivity contribution in [3.05, 3.63) is 0 Å². The number of rotatable bonds is 2. The molecule has 0 spiro atoms. The van der Waals surface area contributed by atoms with Crippen molar-refractivity contribution in [2.45, 2.75) is 0 Å². The number of hydrogen-bond donors (Lipinski definition) is 4. The first-order valence-electron chi connectivity index (χ1n) is 3.08. The maximum absolute atomic E-state index is 7.74. The summed E-state index contributed by atoms with van der Waals surface area (Å²) < 4.78 is 17.4. The summed E-state index contributed by atoms with van der Waals surface area (Å²) >= 11 is 0. The van der Waals surface area contributed by atoms with Crippen molar-refractivity contribution in [1.29, 1.82) is 9.56 Å². The van der Waals surface area contributed by atoms with Gasteiger partial charge in [-0.15, -0.1) is 20.0 Å². The summed E-state index contributed by atoms with van der Waals surface area (Å²) in [5.41, 5.74) is 0. The van der Waals surface area contributed by atoms with Gasteiger partial charge >= 0.3 is 0 Å². The van der Waals surface area contributed by atoms with Crippen LogP contribution in [0.3, 0.4) is 0 Å². The van der Waals surface area contributed by atoms with Gasteiger partial charge in [-0.3, -0.25) is 9.56 Å². The molecule has 0 aromatic carbocycles. The Hall–Kier alpha value is 0.260. The van der Waals surface area contributed by atoms with E-state index in [0.29, 0.717) is 0 Å². The highest BCUT2D eigenvalue weighted by Crippen LogP contribution is 2.12. The van der Waals surface area contributed by atoms with E-state index in [1.807, 2.05) is 35.8 Å². The van der Waals surface area contributed by atoms with Gasteiger partial charge in [0.1, 0.15) is 0 Å². The molecule has 0 amide bonds. The fourth-order valence-electron chi connectivity index (χ4n) is 0.559. The van der Waals surface area contributed by atoms with Crippen LogP contribution in [0.15, 0.2) is 0 Å². The maximum atomic E-state index is 7.74. The summed E-state index contributed by atoms with van der Waals surface area (Å²) in [6.07, 6.45) is 7.68. The lowest BCUT2D eigenvalue weighted by Gasteiger charge is -2.38. The fraction of sp³-hybridized carbons (Fsp3) is 1.00. The zero-order valence-corrected chi connectivity index (χ0v) is 9.13. The molecule has 0 aromatic rings. The van der Waals surface area contributed by atoms with E-state index < -0.39 is 20.0 Å². The topological polar surface area (TPSA) is 50.9 Å². The van der Waals surface area contributed by atoms with Gasteiger partial charge in [0.05, 0.1) is 0 Å². The number of nitrogens with one attached hydrogen (secondary N) is 2. The summed E-state index contributed by atoms with van der Waals surface area (Å²) in [4.78, 5) is 0. The monoisotopic (exact) mass is 185 g/mol. The zero-order valence-electron chi connectivity index (χ0n) is 7.34. The average molecular weight is 185 g/mol. The van der Waals surface area contributed by atoms with Gasteiger partial charge in [0.2, 0.25) is 0 Å². The molecule has 0 atom stereocenters. The lowest BCUT2D eigenvalue weighted by molar-refractivity contribution is 0.889. The Bertz CT molecular complexity index is 177. The molecule has 0 heterocycles. The van der Waals surface area contributed by atoms with Crippen molar-refractivity contribution < 1.29 is 0 Å². The first-order chi connectivity index (χ1) is 4.15. The number of hydrogen-bond acceptors (Lipinski definition) is 2. The van der Waals surface area contributed by atoms with Crippen LogP contribution in [-0.2, 0) is 20.0 Å². The molecule has 10 heavy (non-hydrogen) atoms. The Morgan fingerprint density at radius 2 is 1.10 bits per heavy atom. The molecular formula is C5H19N3S2. The lowest BCUT2D eigenvalue weighted by atomic mass is 11.6. The molecule has 2 N–H and O–H groups in total. The van der Waals surface area contributed by atoms with E-state index in [4.69, 9.17) is 9.56 Å². The third-order valence-electron chi connectivity index (χ3n) is 1.45. The molecule has 66 valence electrons. The Morgan fingerprint density at radius 3 is 1.10 bits per heavy atom. The van der Waals surface area contributed by atoms with E-state index in [1.54, 1.807) is 0 Å². The van der Waals surface area contributed by atoms with Crippen molar-refractivity contribution in [2.24, 2.45) is 0 Å². The van der Waals surface area contributed by atoms with Crippen LogP contribution in [0.5, 0.6) is 0 Å². The summed E-state index contributed by atoms with van der Waals surface area (Å²) in [6.45, 7) is 0. The highest BCUT2D eigenvalue weighted by molar-refractivity contribution is 8.14. The van der Waals surface area contributed by atoms with E-state index in [2.05, 4.69) is 0 Å². The molecule has 3 nitrogen and oxygen atoms in total. The molecule has 0 saturated heterocycles. The van der Waals surface area contributed by atoms with E-state index >= 15 is 0 Å². The van der Waals surface area contributed by atoms with Gasteiger partial charge in [-0.05, 0) is 25.0 Å². The van der Waals surface area contributed by atoms with Gasteiger partial charge in [-0.2, -0.15) is 0 Å². The van der Waals surface area contributed by atoms with Crippen LogP contribution < -0.4 is 0 Å². The summed E-state index contributed by atoms with van der Waals surface area (Å²) in [5.74, 6) is 0. The predicted octanol–water partition coefficient (Wildman–Crippen LogP) is 0.565. The van der Waals surface area contributed by atoms with Gasteiger partial charge < -0.3 is 0 Å². The molecule has 0 aliphatic rings. The molecule has 0 aliphatic heterocycles. The van der Waals surface area contributed by atoms with Crippen LogP contribution >= 0.6 is 0 Å². The molecule has 5 heteroatoms. The number of thiol groups is 2. The van der Waals surface area contributed by atoms with Gasteiger partial charge in [0.15, 0.2) is 0 Å². The van der Waals surface area contributed by atoms with Crippen LogP contribution in [-0.4, -0.2) is 35.8 Å².